The number of thiol groups is 1. The van der Waals surface area contributed by atoms with Crippen LogP contribution >= 0.6 is 12.6 Å². The lowest BCUT2D eigenvalue weighted by atomic mass is 10.1. The van der Waals surface area contributed by atoms with Gasteiger partial charge in [0.05, 0.1) is 0 Å². The quantitative estimate of drug-likeness (QED) is 0.464. The zero-order valence-corrected chi connectivity index (χ0v) is 12.4. The van der Waals surface area contributed by atoms with Gasteiger partial charge in [0.1, 0.15) is 11.9 Å². The standard InChI is InChI=1S/C11H13N7O3S/c1-5-6(8(12)19)9(20)18(2-3-22)10(21)7(5)15-17-11-13-4-14-16-11/h4,20,22H,2-3H2,1H3,(H2,12,19)(H,13,14,16). The van der Waals surface area contributed by atoms with Gasteiger partial charge in [0, 0.05) is 17.9 Å². The number of carbonyl (C=O) groups is 1. The van der Waals surface area contributed by atoms with Gasteiger partial charge in [0.25, 0.3) is 17.4 Å². The first-order valence-corrected chi connectivity index (χ1v) is 6.74. The molecule has 11 heteroatoms. The Morgan fingerprint density at radius 3 is 2.82 bits per heavy atom. The SMILES string of the molecule is Cc1c(C(N)=O)c(O)n(CCS)c(=O)c1N=Nc1ncn[nH]1. The lowest BCUT2D eigenvalue weighted by Crippen LogP contribution is -2.26. The van der Waals surface area contributed by atoms with Gasteiger partial charge in [0.2, 0.25) is 5.88 Å². The number of carbonyl (C=O) groups excluding carboxylic acids is 1. The van der Waals surface area contributed by atoms with E-state index in [1.807, 2.05) is 0 Å². The fourth-order valence-electron chi connectivity index (χ4n) is 1.87. The van der Waals surface area contributed by atoms with Gasteiger partial charge in [-0.2, -0.15) is 22.7 Å². The zero-order chi connectivity index (χ0) is 16.3. The number of aromatic hydroxyl groups is 1. The molecule has 0 unspecified atom stereocenters. The van der Waals surface area contributed by atoms with Crippen LogP contribution in [0.3, 0.4) is 0 Å². The van der Waals surface area contributed by atoms with Crippen LogP contribution in [0.2, 0.25) is 0 Å². The van der Waals surface area contributed by atoms with Gasteiger partial charge in [0.15, 0.2) is 5.69 Å². The molecule has 0 radical (unpaired) electrons. The minimum Gasteiger partial charge on any atom is -0.494 e. The minimum absolute atomic E-state index is 0.0825. The van der Waals surface area contributed by atoms with Crippen LogP contribution in [0.1, 0.15) is 15.9 Å². The number of azo groups is 1. The molecule has 2 aromatic heterocycles. The third-order valence-corrected chi connectivity index (χ3v) is 3.07. The molecule has 2 rings (SSSR count). The van der Waals surface area contributed by atoms with Gasteiger partial charge in [-0.15, -0.1) is 10.2 Å². The summed E-state index contributed by atoms with van der Waals surface area (Å²) >= 11 is 4.01. The maximum atomic E-state index is 12.4. The normalized spacial score (nSPS) is 11.2. The number of hydrogen-bond donors (Lipinski definition) is 4. The largest absolute Gasteiger partial charge is 0.494 e. The first-order valence-electron chi connectivity index (χ1n) is 6.11. The van der Waals surface area contributed by atoms with Gasteiger partial charge in [-0.3, -0.25) is 14.2 Å². The summed E-state index contributed by atoms with van der Waals surface area (Å²) in [5.74, 6) is -1.03. The number of nitrogens with two attached hydrogens (primary N) is 1. The molecule has 0 aromatic carbocycles. The van der Waals surface area contributed by atoms with E-state index in [0.29, 0.717) is 0 Å². The number of amides is 1. The third kappa shape index (κ3) is 2.83. The average Bonchev–Trinajstić information content (AvgIpc) is 2.96. The van der Waals surface area contributed by atoms with E-state index in [2.05, 4.69) is 38.0 Å². The molecule has 4 N–H and O–H groups in total. The highest BCUT2D eigenvalue weighted by atomic mass is 32.1. The van der Waals surface area contributed by atoms with E-state index in [0.717, 1.165) is 4.57 Å². The Morgan fingerprint density at radius 2 is 2.27 bits per heavy atom. The second-order valence-corrected chi connectivity index (χ2v) is 4.67. The summed E-state index contributed by atoms with van der Waals surface area (Å²) in [6.45, 7) is 1.53. The van der Waals surface area contributed by atoms with Crippen LogP contribution in [0.4, 0.5) is 11.6 Å². The second kappa shape index (κ2) is 6.39. The molecule has 0 spiro atoms. The second-order valence-electron chi connectivity index (χ2n) is 4.23. The molecule has 0 fully saturated rings. The van der Waals surface area contributed by atoms with E-state index in [1.165, 1.54) is 13.3 Å². The molecule has 2 aromatic rings. The smallest absolute Gasteiger partial charge is 0.281 e. The molecule has 22 heavy (non-hydrogen) atoms. The highest BCUT2D eigenvalue weighted by Gasteiger charge is 2.22. The number of hydrogen-bond acceptors (Lipinski definition) is 8. The van der Waals surface area contributed by atoms with E-state index in [-0.39, 0.29) is 35.1 Å². The van der Waals surface area contributed by atoms with Crippen molar-refractivity contribution in [1.29, 1.82) is 0 Å². The van der Waals surface area contributed by atoms with E-state index < -0.39 is 17.3 Å². The molecule has 0 aliphatic heterocycles. The lowest BCUT2D eigenvalue weighted by Gasteiger charge is -2.13. The molecular formula is C11H13N7O3S. The number of pyridine rings is 1. The predicted molar refractivity (Wildman–Crippen MR) is 80.0 cm³/mol. The summed E-state index contributed by atoms with van der Waals surface area (Å²) in [7, 11) is 0. The van der Waals surface area contributed by atoms with Crippen molar-refractivity contribution < 1.29 is 9.90 Å². The average molecular weight is 323 g/mol. The summed E-state index contributed by atoms with van der Waals surface area (Å²) < 4.78 is 0.967. The topological polar surface area (TPSA) is 152 Å². The van der Waals surface area contributed by atoms with Gasteiger partial charge < -0.3 is 10.8 Å². The molecule has 0 atom stereocenters. The van der Waals surface area contributed by atoms with Crippen molar-refractivity contribution in [3.63, 3.8) is 0 Å². The fourth-order valence-corrected chi connectivity index (χ4v) is 2.07. The Hall–Kier alpha value is -2.69. The molecule has 0 aliphatic carbocycles. The molecule has 2 heterocycles. The van der Waals surface area contributed by atoms with Crippen LogP contribution in [0.25, 0.3) is 0 Å². The summed E-state index contributed by atoms with van der Waals surface area (Å²) in [4.78, 5) is 27.6. The number of aromatic nitrogens is 4. The van der Waals surface area contributed by atoms with Crippen LogP contribution in [0, 0.1) is 6.92 Å². The first-order chi connectivity index (χ1) is 10.5. The monoisotopic (exact) mass is 323 g/mol. The van der Waals surface area contributed by atoms with Crippen LogP contribution < -0.4 is 11.3 Å². The minimum atomic E-state index is -0.876. The fraction of sp³-hybridized carbons (Fsp3) is 0.273. The van der Waals surface area contributed by atoms with E-state index >= 15 is 0 Å². The number of aromatic amines is 1. The van der Waals surface area contributed by atoms with Crippen molar-refractivity contribution in [1.82, 2.24) is 19.7 Å². The summed E-state index contributed by atoms with van der Waals surface area (Å²) in [5, 5.41) is 23.6. The maximum absolute atomic E-state index is 12.4. The van der Waals surface area contributed by atoms with Gasteiger partial charge in [-0.05, 0) is 6.92 Å². The Morgan fingerprint density at radius 1 is 1.55 bits per heavy atom. The Labute approximate surface area is 129 Å². The van der Waals surface area contributed by atoms with Crippen molar-refractivity contribution in [2.45, 2.75) is 13.5 Å². The summed E-state index contributed by atoms with van der Waals surface area (Å²) in [6, 6.07) is 0. The first kappa shape index (κ1) is 15.7. The molecule has 0 saturated heterocycles. The highest BCUT2D eigenvalue weighted by Crippen LogP contribution is 2.26. The van der Waals surface area contributed by atoms with Crippen LogP contribution in [-0.4, -0.2) is 36.5 Å². The van der Waals surface area contributed by atoms with Crippen molar-refractivity contribution in [2.75, 3.05) is 5.75 Å². The van der Waals surface area contributed by atoms with Gasteiger partial charge in [-0.25, -0.2) is 5.10 Å². The Bertz CT molecular complexity index is 782. The number of nitrogens with zero attached hydrogens (tertiary/aromatic N) is 5. The molecule has 0 bridgehead atoms. The van der Waals surface area contributed by atoms with Crippen LogP contribution in [0.15, 0.2) is 21.4 Å². The molecule has 1 amide bonds. The maximum Gasteiger partial charge on any atom is 0.281 e. The predicted octanol–water partition coefficient (Wildman–Crippen LogP) is 0.425. The van der Waals surface area contributed by atoms with Crippen molar-refractivity contribution in [3.8, 4) is 5.88 Å². The van der Waals surface area contributed by atoms with E-state index in [9.17, 15) is 14.7 Å². The van der Waals surface area contributed by atoms with Crippen LogP contribution in [-0.2, 0) is 6.54 Å². The molecule has 116 valence electrons. The molecule has 0 saturated carbocycles. The number of rotatable bonds is 5. The Kier molecular flexibility index (Phi) is 4.56. The summed E-state index contributed by atoms with van der Waals surface area (Å²) in [5.41, 5.74) is 4.47. The van der Waals surface area contributed by atoms with Crippen molar-refractivity contribution >= 4 is 30.2 Å². The van der Waals surface area contributed by atoms with Crippen molar-refractivity contribution in [3.05, 3.63) is 27.8 Å². The molecular weight excluding hydrogens is 310 g/mol. The summed E-state index contributed by atoms with van der Waals surface area (Å²) in [6.07, 6.45) is 1.23. The van der Waals surface area contributed by atoms with Crippen LogP contribution in [0.5, 0.6) is 5.88 Å². The van der Waals surface area contributed by atoms with E-state index in [4.69, 9.17) is 5.73 Å². The zero-order valence-electron chi connectivity index (χ0n) is 11.5. The van der Waals surface area contributed by atoms with Gasteiger partial charge >= 0.3 is 0 Å². The number of primary amides is 1. The number of nitrogens with one attached hydrogen (secondary N) is 1. The van der Waals surface area contributed by atoms with Crippen molar-refractivity contribution in [2.24, 2.45) is 16.0 Å². The highest BCUT2D eigenvalue weighted by molar-refractivity contribution is 7.80. The third-order valence-electron chi connectivity index (χ3n) is 2.87. The molecule has 0 aliphatic rings. The Balaban J connectivity index is 2.66. The van der Waals surface area contributed by atoms with Gasteiger partial charge in [-0.1, -0.05) is 0 Å². The lowest BCUT2D eigenvalue weighted by molar-refractivity contribution is 0.0995. The van der Waals surface area contributed by atoms with E-state index in [1.54, 1.807) is 0 Å². The number of H-pyrrole nitrogens is 1. The molecule has 10 nitrogen and oxygen atoms in total.